The number of hydrogen-bond acceptors (Lipinski definition) is 5. The fourth-order valence-electron chi connectivity index (χ4n) is 4.02. The molecule has 2 aliphatic rings. The van der Waals surface area contributed by atoms with Crippen molar-refractivity contribution in [2.75, 3.05) is 13.1 Å². The predicted molar refractivity (Wildman–Crippen MR) is 98.7 cm³/mol. The molecule has 7 heteroatoms. The number of rotatable bonds is 4. The molecule has 1 atom stereocenters. The van der Waals surface area contributed by atoms with E-state index in [1.807, 2.05) is 18.2 Å². The van der Waals surface area contributed by atoms with E-state index in [0.717, 1.165) is 35.9 Å². The lowest BCUT2D eigenvalue weighted by atomic mass is 9.78. The minimum Gasteiger partial charge on any atom is -0.481 e. The number of carboxylic acid groups (broad SMARTS) is 1. The Morgan fingerprint density at radius 1 is 1.31 bits per heavy atom. The normalized spacial score (nSPS) is 22.5. The Morgan fingerprint density at radius 2 is 2.04 bits per heavy atom. The molecule has 0 radical (unpaired) electrons. The molecule has 1 amide bonds. The van der Waals surface area contributed by atoms with E-state index < -0.39 is 17.4 Å². The van der Waals surface area contributed by atoms with Crippen LogP contribution in [0, 0.1) is 5.92 Å². The summed E-state index contributed by atoms with van der Waals surface area (Å²) in [5.74, 6) is -1.62. The minimum atomic E-state index is -0.871. The highest BCUT2D eigenvalue weighted by atomic mass is 32.1. The van der Waals surface area contributed by atoms with Crippen LogP contribution in [0.2, 0.25) is 0 Å². The SMILES string of the molecule is O=C1C[C@H](C(=O)O)C2(CCN(Cc3nc(-c4ccccc4)cs3)CC2)N1. The molecule has 0 unspecified atom stereocenters. The Hall–Kier alpha value is -2.25. The third kappa shape index (κ3) is 3.24. The molecule has 2 aromatic rings. The van der Waals surface area contributed by atoms with Crippen molar-refractivity contribution in [3.05, 3.63) is 40.7 Å². The standard InChI is InChI=1S/C19H21N3O3S/c23-16-10-14(18(24)25)19(21-16)6-8-22(9-7-19)11-17-20-15(12-26-17)13-4-2-1-3-5-13/h1-5,12,14H,6-11H2,(H,21,23)(H,24,25)/t14-/m1/s1. The second kappa shape index (κ2) is 6.81. The van der Waals surface area contributed by atoms with Gasteiger partial charge < -0.3 is 10.4 Å². The molecule has 0 saturated carbocycles. The number of nitrogens with one attached hydrogen (secondary N) is 1. The molecule has 1 spiro atoms. The van der Waals surface area contributed by atoms with Gasteiger partial charge in [-0.1, -0.05) is 30.3 Å². The van der Waals surface area contributed by atoms with Crippen molar-refractivity contribution < 1.29 is 14.7 Å². The number of carboxylic acids is 1. The van der Waals surface area contributed by atoms with Gasteiger partial charge in [-0.15, -0.1) is 11.3 Å². The molecule has 4 rings (SSSR count). The molecular weight excluding hydrogens is 350 g/mol. The molecule has 6 nitrogen and oxygen atoms in total. The molecule has 3 heterocycles. The van der Waals surface area contributed by atoms with Crippen LogP contribution in [0.3, 0.4) is 0 Å². The van der Waals surface area contributed by atoms with Crippen LogP contribution in [0.15, 0.2) is 35.7 Å². The van der Waals surface area contributed by atoms with Crippen LogP contribution in [-0.2, 0) is 16.1 Å². The summed E-state index contributed by atoms with van der Waals surface area (Å²) in [6, 6.07) is 10.1. The molecule has 1 aromatic carbocycles. The van der Waals surface area contributed by atoms with Crippen molar-refractivity contribution in [1.29, 1.82) is 0 Å². The summed E-state index contributed by atoms with van der Waals surface area (Å²) in [6.07, 6.45) is 1.45. The van der Waals surface area contributed by atoms with Gasteiger partial charge in [-0.05, 0) is 12.8 Å². The molecule has 0 aliphatic carbocycles. The molecule has 1 aromatic heterocycles. The molecule has 2 N–H and O–H groups in total. The maximum absolute atomic E-state index is 11.7. The monoisotopic (exact) mass is 371 g/mol. The number of aromatic nitrogens is 1. The Kier molecular flexibility index (Phi) is 4.50. The number of carbonyl (C=O) groups excluding carboxylic acids is 1. The number of carbonyl (C=O) groups is 2. The Balaban J connectivity index is 1.39. The zero-order valence-electron chi connectivity index (χ0n) is 14.4. The number of aliphatic carboxylic acids is 1. The number of amides is 1. The van der Waals surface area contributed by atoms with Crippen LogP contribution in [0.1, 0.15) is 24.3 Å². The Labute approximate surface area is 155 Å². The van der Waals surface area contributed by atoms with Gasteiger partial charge in [0, 0.05) is 30.5 Å². The van der Waals surface area contributed by atoms with Crippen LogP contribution in [0.4, 0.5) is 0 Å². The van der Waals surface area contributed by atoms with Crippen LogP contribution in [0.25, 0.3) is 11.3 Å². The van der Waals surface area contributed by atoms with Gasteiger partial charge in [-0.3, -0.25) is 14.5 Å². The molecule has 2 fully saturated rings. The van der Waals surface area contributed by atoms with Crippen molar-refractivity contribution in [1.82, 2.24) is 15.2 Å². The lowest BCUT2D eigenvalue weighted by Gasteiger charge is -2.41. The van der Waals surface area contributed by atoms with Gasteiger partial charge in [0.25, 0.3) is 0 Å². The topological polar surface area (TPSA) is 82.5 Å². The molecule has 2 aliphatic heterocycles. The first kappa shape index (κ1) is 17.2. The van der Waals surface area contributed by atoms with Crippen molar-refractivity contribution in [3.8, 4) is 11.3 Å². The van der Waals surface area contributed by atoms with Gasteiger partial charge in [0.05, 0.1) is 23.7 Å². The summed E-state index contributed by atoms with van der Waals surface area (Å²) in [5, 5.41) is 15.5. The van der Waals surface area contributed by atoms with Crippen molar-refractivity contribution in [2.24, 2.45) is 5.92 Å². The molecule has 0 bridgehead atoms. The summed E-state index contributed by atoms with van der Waals surface area (Å²) in [5.41, 5.74) is 1.54. The highest BCUT2D eigenvalue weighted by Gasteiger charge is 2.51. The first-order valence-electron chi connectivity index (χ1n) is 8.82. The van der Waals surface area contributed by atoms with Crippen molar-refractivity contribution in [2.45, 2.75) is 31.3 Å². The number of thiazole rings is 1. The van der Waals surface area contributed by atoms with Crippen LogP contribution < -0.4 is 5.32 Å². The number of likely N-dealkylation sites (tertiary alicyclic amines) is 1. The van der Waals surface area contributed by atoms with Gasteiger partial charge >= 0.3 is 5.97 Å². The zero-order valence-corrected chi connectivity index (χ0v) is 15.2. The average molecular weight is 371 g/mol. The largest absolute Gasteiger partial charge is 0.481 e. The van der Waals surface area contributed by atoms with Crippen molar-refractivity contribution >= 4 is 23.2 Å². The number of piperidine rings is 1. The lowest BCUT2D eigenvalue weighted by Crippen LogP contribution is -2.55. The van der Waals surface area contributed by atoms with Gasteiger partial charge in [0.2, 0.25) is 5.91 Å². The minimum absolute atomic E-state index is 0.0995. The summed E-state index contributed by atoms with van der Waals surface area (Å²) < 4.78 is 0. The quantitative estimate of drug-likeness (QED) is 0.862. The van der Waals surface area contributed by atoms with E-state index in [4.69, 9.17) is 4.98 Å². The molecule has 26 heavy (non-hydrogen) atoms. The van der Waals surface area contributed by atoms with Crippen LogP contribution in [0.5, 0.6) is 0 Å². The molecule has 2 saturated heterocycles. The maximum Gasteiger partial charge on any atom is 0.309 e. The number of benzene rings is 1. The van der Waals surface area contributed by atoms with Gasteiger partial charge in [0.15, 0.2) is 0 Å². The predicted octanol–water partition coefficient (Wildman–Crippen LogP) is 2.37. The van der Waals surface area contributed by atoms with Gasteiger partial charge in [-0.2, -0.15) is 0 Å². The summed E-state index contributed by atoms with van der Waals surface area (Å²) >= 11 is 1.65. The third-order valence-electron chi connectivity index (χ3n) is 5.47. The van der Waals surface area contributed by atoms with E-state index in [2.05, 4.69) is 27.7 Å². The van der Waals surface area contributed by atoms with Crippen molar-refractivity contribution in [3.63, 3.8) is 0 Å². The second-order valence-electron chi connectivity index (χ2n) is 7.07. The smallest absolute Gasteiger partial charge is 0.309 e. The van der Waals surface area contributed by atoms with Crippen LogP contribution in [-0.4, -0.2) is 45.5 Å². The van der Waals surface area contributed by atoms with E-state index in [1.165, 1.54) is 0 Å². The highest BCUT2D eigenvalue weighted by Crippen LogP contribution is 2.37. The zero-order chi connectivity index (χ0) is 18.1. The van der Waals surface area contributed by atoms with Crippen LogP contribution >= 0.6 is 11.3 Å². The summed E-state index contributed by atoms with van der Waals surface area (Å²) in [4.78, 5) is 30.3. The van der Waals surface area contributed by atoms with Gasteiger partial charge in [0.1, 0.15) is 5.01 Å². The second-order valence-corrected chi connectivity index (χ2v) is 8.01. The first-order valence-corrected chi connectivity index (χ1v) is 9.70. The maximum atomic E-state index is 11.7. The Morgan fingerprint density at radius 3 is 2.73 bits per heavy atom. The van der Waals surface area contributed by atoms with E-state index in [0.29, 0.717) is 12.8 Å². The summed E-state index contributed by atoms with van der Waals surface area (Å²) in [6.45, 7) is 2.30. The molecular formula is C19H21N3O3S. The van der Waals surface area contributed by atoms with E-state index in [9.17, 15) is 14.7 Å². The highest BCUT2D eigenvalue weighted by molar-refractivity contribution is 7.09. The fraction of sp³-hybridized carbons (Fsp3) is 0.421. The number of nitrogens with zero attached hydrogens (tertiary/aromatic N) is 2. The lowest BCUT2D eigenvalue weighted by molar-refractivity contribution is -0.144. The number of hydrogen-bond donors (Lipinski definition) is 2. The third-order valence-corrected chi connectivity index (χ3v) is 6.31. The Bertz CT molecular complexity index is 812. The van der Waals surface area contributed by atoms with E-state index in [-0.39, 0.29) is 12.3 Å². The van der Waals surface area contributed by atoms with E-state index >= 15 is 0 Å². The average Bonchev–Trinajstić information content (AvgIpc) is 3.23. The molecule has 136 valence electrons. The summed E-state index contributed by atoms with van der Waals surface area (Å²) in [7, 11) is 0. The van der Waals surface area contributed by atoms with E-state index in [1.54, 1.807) is 11.3 Å². The first-order chi connectivity index (χ1) is 12.6. The fourth-order valence-corrected chi connectivity index (χ4v) is 4.86. The van der Waals surface area contributed by atoms with Gasteiger partial charge in [-0.25, -0.2) is 4.98 Å².